The number of nitrogens with zero attached hydrogens (tertiary/aromatic N) is 1. The quantitative estimate of drug-likeness (QED) is 0.624. The van der Waals surface area contributed by atoms with E-state index in [4.69, 9.17) is 5.14 Å². The van der Waals surface area contributed by atoms with Crippen LogP contribution in [-0.4, -0.2) is 13.5 Å². The van der Waals surface area contributed by atoms with Crippen molar-refractivity contribution in [1.82, 2.24) is 4.83 Å². The second-order valence-corrected chi connectivity index (χ2v) is 4.95. The van der Waals surface area contributed by atoms with Crippen LogP contribution in [0.5, 0.6) is 0 Å². The molecule has 0 saturated heterocycles. The Kier molecular flexibility index (Phi) is 2.22. The van der Waals surface area contributed by atoms with Gasteiger partial charge in [-0.1, -0.05) is 18.2 Å². The van der Waals surface area contributed by atoms with Gasteiger partial charge in [-0.25, -0.2) is 18.4 Å². The van der Waals surface area contributed by atoms with E-state index in [1.165, 1.54) is 11.9 Å². The molecule has 2 rings (SSSR count). The molecule has 7 heteroatoms. The molecule has 0 saturated carbocycles. The van der Waals surface area contributed by atoms with Crippen LogP contribution < -0.4 is 9.97 Å². The third kappa shape index (κ3) is 1.61. The van der Waals surface area contributed by atoms with E-state index >= 15 is 0 Å². The molecule has 0 atom stereocenters. The van der Waals surface area contributed by atoms with Gasteiger partial charge >= 0.3 is 0 Å². The summed E-state index contributed by atoms with van der Waals surface area (Å²) in [5.74, 6) is 0. The van der Waals surface area contributed by atoms with Gasteiger partial charge in [-0.15, -0.1) is 0 Å². The molecule has 0 aliphatic carbocycles. The van der Waals surface area contributed by atoms with Crippen molar-refractivity contribution in [2.24, 2.45) is 10.2 Å². The first-order valence-electron chi connectivity index (χ1n) is 3.71. The average molecular weight is 229 g/mol. The van der Waals surface area contributed by atoms with Crippen LogP contribution in [0.4, 0.5) is 0 Å². The van der Waals surface area contributed by atoms with E-state index in [9.17, 15) is 8.42 Å². The summed E-state index contributed by atoms with van der Waals surface area (Å²) in [7, 11) is -3.77. The maximum absolute atomic E-state index is 11.1. The first kappa shape index (κ1) is 9.50. The molecule has 0 bridgehead atoms. The van der Waals surface area contributed by atoms with Crippen LogP contribution >= 0.6 is 11.9 Å². The van der Waals surface area contributed by atoms with Crippen molar-refractivity contribution in [3.8, 4) is 0 Å². The highest BCUT2D eigenvalue weighted by atomic mass is 32.2. The smallest absolute Gasteiger partial charge is 0.246 e. The number of hydrogen-bond acceptors (Lipinski definition) is 5. The van der Waals surface area contributed by atoms with Crippen molar-refractivity contribution < 1.29 is 8.42 Å². The summed E-state index contributed by atoms with van der Waals surface area (Å²) >= 11 is 1.25. The van der Waals surface area contributed by atoms with Gasteiger partial charge in [0.2, 0.25) is 0 Å². The van der Waals surface area contributed by atoms with Crippen LogP contribution in [0.25, 0.3) is 0 Å². The van der Waals surface area contributed by atoms with Gasteiger partial charge in [0.15, 0.2) is 5.04 Å². The van der Waals surface area contributed by atoms with E-state index in [2.05, 4.69) is 9.93 Å². The fourth-order valence-corrected chi connectivity index (χ4v) is 2.56. The summed E-state index contributed by atoms with van der Waals surface area (Å²) in [5.41, 5.74) is 0.541. The standard InChI is InChI=1S/C7H7N3O2S2/c8-14(11,12)7-5-3-1-2-4-6(5)13-10-9-7/h1-4,10H,(H2,8,11,12). The predicted molar refractivity (Wildman–Crippen MR) is 55.1 cm³/mol. The minimum absolute atomic E-state index is 0.119. The number of benzene rings is 1. The molecule has 0 unspecified atom stereocenters. The van der Waals surface area contributed by atoms with E-state index in [1.807, 2.05) is 6.07 Å². The highest BCUT2D eigenvalue weighted by Crippen LogP contribution is 2.25. The Balaban J connectivity index is 2.62. The lowest BCUT2D eigenvalue weighted by atomic mass is 10.2. The van der Waals surface area contributed by atoms with Crippen molar-refractivity contribution in [3.05, 3.63) is 29.8 Å². The Morgan fingerprint density at radius 1 is 1.36 bits per heavy atom. The molecule has 0 aromatic heterocycles. The Morgan fingerprint density at radius 2 is 2.07 bits per heavy atom. The lowest BCUT2D eigenvalue weighted by Crippen LogP contribution is -2.28. The third-order valence-corrected chi connectivity index (χ3v) is 3.30. The van der Waals surface area contributed by atoms with Crippen molar-refractivity contribution in [3.63, 3.8) is 0 Å². The SMILES string of the molecule is NS(=O)(=O)C1=NNSc2ccccc21. The molecule has 0 spiro atoms. The Bertz CT molecular complexity index is 495. The van der Waals surface area contributed by atoms with E-state index in [0.29, 0.717) is 5.56 Å². The highest BCUT2D eigenvalue weighted by molar-refractivity contribution is 8.05. The van der Waals surface area contributed by atoms with E-state index in [-0.39, 0.29) is 5.04 Å². The second-order valence-electron chi connectivity index (χ2n) is 2.65. The normalized spacial score (nSPS) is 15.4. The van der Waals surface area contributed by atoms with Gasteiger partial charge in [0, 0.05) is 22.4 Å². The maximum atomic E-state index is 11.1. The van der Waals surface area contributed by atoms with Gasteiger partial charge in [-0.2, -0.15) is 5.10 Å². The number of hydrogen-bond donors (Lipinski definition) is 2. The van der Waals surface area contributed by atoms with Crippen LogP contribution in [0.2, 0.25) is 0 Å². The number of fused-ring (bicyclic) bond motifs is 1. The zero-order valence-electron chi connectivity index (χ0n) is 6.97. The largest absolute Gasteiger partial charge is 0.257 e. The van der Waals surface area contributed by atoms with Gasteiger partial charge in [-0.05, 0) is 6.07 Å². The molecule has 1 aromatic carbocycles. The van der Waals surface area contributed by atoms with Crippen LogP contribution in [0.15, 0.2) is 34.3 Å². The van der Waals surface area contributed by atoms with Crippen molar-refractivity contribution >= 4 is 27.0 Å². The number of primary sulfonamides is 1. The first-order valence-corrected chi connectivity index (χ1v) is 6.07. The molecular formula is C7H7N3O2S2. The molecular weight excluding hydrogens is 222 g/mol. The molecule has 14 heavy (non-hydrogen) atoms. The maximum Gasteiger partial charge on any atom is 0.257 e. The Hall–Kier alpha value is -1.05. The summed E-state index contributed by atoms with van der Waals surface area (Å²) in [6, 6.07) is 7.03. The number of nitrogens with two attached hydrogens (primary N) is 1. The molecule has 5 nitrogen and oxygen atoms in total. The Labute approximate surface area is 85.6 Å². The molecule has 1 aliphatic rings. The predicted octanol–water partition coefficient (Wildman–Crippen LogP) is 0.247. The third-order valence-electron chi connectivity index (χ3n) is 1.69. The molecule has 1 heterocycles. The molecule has 74 valence electrons. The summed E-state index contributed by atoms with van der Waals surface area (Å²) in [5, 5.41) is 8.56. The molecule has 1 aromatic rings. The molecule has 0 amide bonds. The van der Waals surface area contributed by atoms with E-state index < -0.39 is 10.0 Å². The lowest BCUT2D eigenvalue weighted by molar-refractivity contribution is 0.608. The molecule has 1 aliphatic heterocycles. The minimum Gasteiger partial charge on any atom is -0.246 e. The summed E-state index contributed by atoms with van der Waals surface area (Å²) in [6.07, 6.45) is 0. The number of sulfonamides is 1. The Morgan fingerprint density at radius 3 is 2.79 bits per heavy atom. The molecule has 0 fully saturated rings. The van der Waals surface area contributed by atoms with Gasteiger partial charge in [0.05, 0.1) is 0 Å². The molecule has 0 radical (unpaired) electrons. The lowest BCUT2D eigenvalue weighted by Gasteiger charge is -2.14. The summed E-state index contributed by atoms with van der Waals surface area (Å²) in [4.78, 5) is 3.34. The monoisotopic (exact) mass is 229 g/mol. The summed E-state index contributed by atoms with van der Waals surface area (Å²) < 4.78 is 22.3. The fraction of sp³-hybridized carbons (Fsp3) is 0. The van der Waals surface area contributed by atoms with Gasteiger partial charge < -0.3 is 0 Å². The minimum atomic E-state index is -3.77. The van der Waals surface area contributed by atoms with Gasteiger partial charge in [0.25, 0.3) is 10.0 Å². The average Bonchev–Trinajstić information content (AvgIpc) is 2.15. The van der Waals surface area contributed by atoms with Crippen LogP contribution in [0, 0.1) is 0 Å². The van der Waals surface area contributed by atoms with Crippen molar-refractivity contribution in [2.75, 3.05) is 0 Å². The van der Waals surface area contributed by atoms with Crippen molar-refractivity contribution in [2.45, 2.75) is 4.90 Å². The van der Waals surface area contributed by atoms with Crippen LogP contribution in [-0.2, 0) is 10.0 Å². The number of rotatable bonds is 0. The summed E-state index contributed by atoms with van der Waals surface area (Å²) in [6.45, 7) is 0. The fourth-order valence-electron chi connectivity index (χ4n) is 1.12. The second kappa shape index (κ2) is 3.26. The van der Waals surface area contributed by atoms with Crippen LogP contribution in [0.3, 0.4) is 0 Å². The van der Waals surface area contributed by atoms with E-state index in [0.717, 1.165) is 4.90 Å². The van der Waals surface area contributed by atoms with E-state index in [1.54, 1.807) is 18.2 Å². The van der Waals surface area contributed by atoms with Crippen molar-refractivity contribution in [1.29, 1.82) is 0 Å². The first-order chi connectivity index (χ1) is 6.59. The number of hydrazone groups is 1. The zero-order chi connectivity index (χ0) is 10.2. The van der Waals surface area contributed by atoms with Gasteiger partial charge in [-0.3, -0.25) is 0 Å². The highest BCUT2D eigenvalue weighted by Gasteiger charge is 2.23. The topological polar surface area (TPSA) is 84.6 Å². The molecule has 3 N–H and O–H groups in total. The zero-order valence-corrected chi connectivity index (χ0v) is 8.60. The van der Waals surface area contributed by atoms with Gasteiger partial charge in [0.1, 0.15) is 0 Å². The number of nitrogens with one attached hydrogen (secondary N) is 1. The van der Waals surface area contributed by atoms with Crippen LogP contribution in [0.1, 0.15) is 5.56 Å².